The van der Waals surface area contributed by atoms with Crippen LogP contribution in [-0.2, 0) is 0 Å². The summed E-state index contributed by atoms with van der Waals surface area (Å²) < 4.78 is 17.1. The molecule has 0 aliphatic carbocycles. The normalized spacial score (nSPS) is 12.6. The molecule has 4 aromatic rings. The Hall–Kier alpha value is -2.47. The van der Waals surface area contributed by atoms with Gasteiger partial charge in [-0.05, 0) is 37.6 Å². The molecule has 0 aliphatic heterocycles. The first-order valence-electron chi connectivity index (χ1n) is 7.99. The van der Waals surface area contributed by atoms with E-state index in [1.54, 1.807) is 36.0 Å². The van der Waals surface area contributed by atoms with Crippen LogP contribution in [0.2, 0.25) is 0 Å². The Morgan fingerprint density at radius 1 is 1.20 bits per heavy atom. The van der Waals surface area contributed by atoms with E-state index in [2.05, 4.69) is 31.3 Å². The van der Waals surface area contributed by atoms with Crippen molar-refractivity contribution in [2.24, 2.45) is 0 Å². The lowest BCUT2D eigenvalue weighted by molar-refractivity contribution is 0.591. The maximum Gasteiger partial charge on any atom is 0.161 e. The first-order valence-corrected chi connectivity index (χ1v) is 8.78. The molecule has 2 aromatic heterocycles. The molecule has 2 aromatic carbocycles. The minimum absolute atomic E-state index is 0.182. The largest absolute Gasteiger partial charge is 0.361 e. The topological polar surface area (TPSA) is 42.2 Å². The summed E-state index contributed by atoms with van der Waals surface area (Å²) in [6.07, 6.45) is 3.52. The predicted molar refractivity (Wildman–Crippen MR) is 101 cm³/mol. The summed E-state index contributed by atoms with van der Waals surface area (Å²) >= 11 is 3.51. The van der Waals surface area contributed by atoms with Crippen molar-refractivity contribution in [3.05, 3.63) is 70.2 Å². The fourth-order valence-electron chi connectivity index (χ4n) is 3.03. The second-order valence-electron chi connectivity index (χ2n) is 6.08. The van der Waals surface area contributed by atoms with E-state index in [4.69, 9.17) is 0 Å². The number of hydrogen-bond donors (Lipinski definition) is 1. The van der Waals surface area contributed by atoms with Gasteiger partial charge in [-0.25, -0.2) is 13.9 Å². The van der Waals surface area contributed by atoms with Crippen molar-refractivity contribution in [2.75, 3.05) is 5.32 Å². The zero-order chi connectivity index (χ0) is 17.6. The summed E-state index contributed by atoms with van der Waals surface area (Å²) in [7, 11) is 0. The molecule has 0 saturated carbocycles. The van der Waals surface area contributed by atoms with Crippen LogP contribution >= 0.6 is 15.9 Å². The zero-order valence-corrected chi connectivity index (χ0v) is 15.4. The van der Waals surface area contributed by atoms with Crippen molar-refractivity contribution >= 4 is 38.2 Å². The molecule has 2 heterocycles. The van der Waals surface area contributed by atoms with Gasteiger partial charge in [-0.3, -0.25) is 0 Å². The van der Waals surface area contributed by atoms with Crippen molar-refractivity contribution in [1.82, 2.24) is 14.6 Å². The molecule has 1 N–H and O–H groups in total. The number of nitrogens with one attached hydrogen (secondary N) is 1. The number of benzene rings is 2. The highest BCUT2D eigenvalue weighted by atomic mass is 79.9. The summed E-state index contributed by atoms with van der Waals surface area (Å²) in [4.78, 5) is 4.38. The van der Waals surface area contributed by atoms with Crippen LogP contribution in [0.3, 0.4) is 0 Å². The molecular weight excluding hydrogens is 383 g/mol. The Labute approximate surface area is 152 Å². The number of anilines is 1. The summed E-state index contributed by atoms with van der Waals surface area (Å²) in [5.41, 5.74) is 2.05. The van der Waals surface area contributed by atoms with Gasteiger partial charge in [0.2, 0.25) is 0 Å². The molecule has 0 amide bonds. The van der Waals surface area contributed by atoms with Gasteiger partial charge in [-0.1, -0.05) is 34.1 Å². The highest BCUT2D eigenvalue weighted by molar-refractivity contribution is 9.10. The van der Waals surface area contributed by atoms with Gasteiger partial charge in [0.05, 0.1) is 6.04 Å². The van der Waals surface area contributed by atoms with Gasteiger partial charge in [-0.15, -0.1) is 5.10 Å². The molecule has 0 saturated heterocycles. The number of rotatable bonds is 3. The van der Waals surface area contributed by atoms with Crippen molar-refractivity contribution in [3.8, 4) is 0 Å². The molecule has 0 unspecified atom stereocenters. The number of hydrogen-bond acceptors (Lipinski definition) is 3. The molecule has 1 atom stereocenters. The first-order chi connectivity index (χ1) is 12.0. The summed E-state index contributed by atoms with van der Waals surface area (Å²) in [5, 5.41) is 9.90. The molecule has 6 heteroatoms. The van der Waals surface area contributed by atoms with Crippen LogP contribution in [0.25, 0.3) is 16.4 Å². The lowest BCUT2D eigenvalue weighted by atomic mass is 10.0. The third-order valence-electron chi connectivity index (χ3n) is 4.35. The number of nitrogens with zero attached hydrogens (tertiary/aromatic N) is 3. The molecule has 0 spiro atoms. The second-order valence-corrected chi connectivity index (χ2v) is 6.99. The van der Waals surface area contributed by atoms with Gasteiger partial charge in [0.25, 0.3) is 0 Å². The Morgan fingerprint density at radius 3 is 2.88 bits per heavy atom. The van der Waals surface area contributed by atoms with Crippen molar-refractivity contribution in [1.29, 1.82) is 0 Å². The van der Waals surface area contributed by atoms with E-state index in [9.17, 15) is 4.39 Å². The summed E-state index contributed by atoms with van der Waals surface area (Å²) in [5.74, 6) is 0.514. The van der Waals surface area contributed by atoms with Gasteiger partial charge >= 0.3 is 0 Å². The van der Waals surface area contributed by atoms with Gasteiger partial charge < -0.3 is 5.32 Å². The Kier molecular flexibility index (Phi) is 3.92. The maximum absolute atomic E-state index is 14.4. The van der Waals surface area contributed by atoms with Gasteiger partial charge in [-0.2, -0.15) is 0 Å². The Bertz CT molecular complexity index is 1090. The van der Waals surface area contributed by atoms with E-state index in [1.165, 1.54) is 0 Å². The predicted octanol–water partition coefficient (Wildman–Crippen LogP) is 5.27. The molecule has 4 rings (SSSR count). The van der Waals surface area contributed by atoms with E-state index >= 15 is 0 Å². The van der Waals surface area contributed by atoms with E-state index in [-0.39, 0.29) is 11.9 Å². The van der Waals surface area contributed by atoms with Gasteiger partial charge in [0.15, 0.2) is 11.5 Å². The van der Waals surface area contributed by atoms with E-state index in [1.807, 2.05) is 31.2 Å². The number of imidazole rings is 1. The van der Waals surface area contributed by atoms with Crippen LogP contribution in [0, 0.1) is 12.7 Å². The van der Waals surface area contributed by atoms with Crippen LogP contribution < -0.4 is 5.32 Å². The number of aryl methyl sites for hydroxylation is 1. The Balaban J connectivity index is 1.84. The fourth-order valence-corrected chi connectivity index (χ4v) is 3.40. The average molecular weight is 399 g/mol. The summed E-state index contributed by atoms with van der Waals surface area (Å²) in [6, 6.07) is 11.2. The SMILES string of the molecule is Cc1cccc([C@@H](C)Nc2nn3ccnc3c3cc(Br)ccc23)c1F. The fraction of sp³-hybridized carbons (Fsp3) is 0.158. The quantitative estimate of drug-likeness (QED) is 0.511. The molecule has 126 valence electrons. The first kappa shape index (κ1) is 16.0. The second kappa shape index (κ2) is 6.11. The molecule has 25 heavy (non-hydrogen) atoms. The lowest BCUT2D eigenvalue weighted by Gasteiger charge is -2.18. The van der Waals surface area contributed by atoms with Crippen LogP contribution in [0.1, 0.15) is 24.1 Å². The minimum Gasteiger partial charge on any atom is -0.361 e. The molecule has 4 nitrogen and oxygen atoms in total. The van der Waals surface area contributed by atoms with Crippen LogP contribution in [0.5, 0.6) is 0 Å². The van der Waals surface area contributed by atoms with E-state index < -0.39 is 0 Å². The van der Waals surface area contributed by atoms with Gasteiger partial charge in [0, 0.05) is 33.2 Å². The van der Waals surface area contributed by atoms with Crippen molar-refractivity contribution in [2.45, 2.75) is 19.9 Å². The van der Waals surface area contributed by atoms with Crippen LogP contribution in [-0.4, -0.2) is 14.6 Å². The number of fused-ring (bicyclic) bond motifs is 3. The molecule has 0 radical (unpaired) electrons. The Morgan fingerprint density at radius 2 is 2.04 bits per heavy atom. The third kappa shape index (κ3) is 2.76. The van der Waals surface area contributed by atoms with Crippen LogP contribution in [0.15, 0.2) is 53.3 Å². The molecule has 0 fully saturated rings. The minimum atomic E-state index is -0.222. The molecule has 0 aliphatic rings. The van der Waals surface area contributed by atoms with E-state index in [0.717, 1.165) is 20.9 Å². The smallest absolute Gasteiger partial charge is 0.161 e. The molecular formula is C19H16BrFN4. The highest BCUT2D eigenvalue weighted by Crippen LogP contribution is 2.30. The van der Waals surface area contributed by atoms with E-state index in [0.29, 0.717) is 16.9 Å². The highest BCUT2D eigenvalue weighted by Gasteiger charge is 2.16. The lowest BCUT2D eigenvalue weighted by Crippen LogP contribution is -2.12. The van der Waals surface area contributed by atoms with Crippen molar-refractivity contribution < 1.29 is 4.39 Å². The van der Waals surface area contributed by atoms with Crippen molar-refractivity contribution in [3.63, 3.8) is 0 Å². The monoisotopic (exact) mass is 398 g/mol. The van der Waals surface area contributed by atoms with Gasteiger partial charge in [0.1, 0.15) is 5.82 Å². The summed E-state index contributed by atoms with van der Waals surface area (Å²) in [6.45, 7) is 3.70. The zero-order valence-electron chi connectivity index (χ0n) is 13.8. The third-order valence-corrected chi connectivity index (χ3v) is 4.84. The average Bonchev–Trinajstić information content (AvgIpc) is 3.05. The maximum atomic E-state index is 14.4. The van der Waals surface area contributed by atoms with Crippen LogP contribution in [0.4, 0.5) is 10.2 Å². The standard InChI is InChI=1S/C19H16BrFN4/c1-11-4-3-5-14(17(11)21)12(2)23-18-15-7-6-13(20)10-16(15)19-22-8-9-25(19)24-18/h3-10,12H,1-2H3,(H,23,24)/t12-/m1/s1. The number of halogens is 2. The molecule has 0 bridgehead atoms. The number of aromatic nitrogens is 3.